The summed E-state index contributed by atoms with van der Waals surface area (Å²) in [5.41, 5.74) is 4.04. The summed E-state index contributed by atoms with van der Waals surface area (Å²) in [7, 11) is 0. The highest BCUT2D eigenvalue weighted by molar-refractivity contribution is 5.81. The second-order valence-corrected chi connectivity index (χ2v) is 9.98. The van der Waals surface area contributed by atoms with E-state index in [4.69, 9.17) is 9.72 Å². The number of nitrogens with one attached hydrogen (secondary N) is 1. The summed E-state index contributed by atoms with van der Waals surface area (Å²) in [5.74, 6) is 1.86. The summed E-state index contributed by atoms with van der Waals surface area (Å²) >= 11 is 0. The number of anilines is 1. The number of fused-ring (bicyclic) bond motifs is 3. The van der Waals surface area contributed by atoms with E-state index in [2.05, 4.69) is 43.9 Å². The number of carbonyl (C=O) groups is 1. The molecule has 2 N–H and O–H groups in total. The van der Waals surface area contributed by atoms with Crippen molar-refractivity contribution in [1.29, 1.82) is 0 Å². The van der Waals surface area contributed by atoms with Crippen molar-refractivity contribution in [3.63, 3.8) is 0 Å². The molecule has 2 aliphatic rings. The summed E-state index contributed by atoms with van der Waals surface area (Å²) in [6.07, 6.45) is 6.47. The monoisotopic (exact) mass is 515 g/mol. The molecule has 2 aliphatic heterocycles. The first-order chi connectivity index (χ1) is 18.6. The summed E-state index contributed by atoms with van der Waals surface area (Å²) < 4.78 is 10.0. The molecule has 0 spiro atoms. The molecule has 3 aromatic heterocycles. The number of hydrogen-bond donors (Lipinski definition) is 2. The summed E-state index contributed by atoms with van der Waals surface area (Å²) in [6.45, 7) is 7.09. The molecule has 0 saturated heterocycles. The number of imidazole rings is 1. The molecule has 1 unspecified atom stereocenters. The first-order valence-electron chi connectivity index (χ1n) is 13.4. The van der Waals surface area contributed by atoms with Crippen molar-refractivity contribution in [2.45, 2.75) is 51.7 Å². The van der Waals surface area contributed by atoms with Crippen LogP contribution < -0.4 is 10.1 Å². The molecule has 6 rings (SSSR count). The molecule has 0 radical (unpaired) electrons. The Hall–Kier alpha value is -3.92. The van der Waals surface area contributed by atoms with E-state index < -0.39 is 12.0 Å². The topological polar surface area (TPSA) is 110 Å². The zero-order valence-electron chi connectivity index (χ0n) is 21.6. The van der Waals surface area contributed by atoms with Gasteiger partial charge in [0.05, 0.1) is 43.2 Å². The molecule has 5 heterocycles. The van der Waals surface area contributed by atoms with Crippen molar-refractivity contribution in [3.8, 4) is 5.75 Å². The Morgan fingerprint density at radius 2 is 2.13 bits per heavy atom. The Bertz CT molecular complexity index is 1460. The van der Waals surface area contributed by atoms with Crippen LogP contribution in [0.4, 0.5) is 5.82 Å². The number of carboxylic acid groups (broad SMARTS) is 1. The van der Waals surface area contributed by atoms with Gasteiger partial charge in [-0.2, -0.15) is 5.10 Å². The van der Waals surface area contributed by atoms with Gasteiger partial charge >= 0.3 is 5.97 Å². The molecule has 0 aliphatic carbocycles. The molecule has 0 amide bonds. The van der Waals surface area contributed by atoms with Crippen molar-refractivity contribution in [2.75, 3.05) is 31.6 Å². The maximum absolute atomic E-state index is 11.9. The van der Waals surface area contributed by atoms with Crippen LogP contribution in [-0.2, 0) is 30.7 Å². The van der Waals surface area contributed by atoms with Crippen LogP contribution in [0.3, 0.4) is 0 Å². The van der Waals surface area contributed by atoms with Crippen LogP contribution in [0.15, 0.2) is 42.7 Å². The maximum Gasteiger partial charge on any atom is 0.305 e. The van der Waals surface area contributed by atoms with Gasteiger partial charge in [-0.05, 0) is 49.2 Å². The number of aromatic nitrogens is 5. The van der Waals surface area contributed by atoms with Crippen LogP contribution in [0.25, 0.3) is 10.9 Å². The molecule has 10 heteroatoms. The highest BCUT2D eigenvalue weighted by atomic mass is 16.5. The molecule has 1 atom stereocenters. The highest BCUT2D eigenvalue weighted by Gasteiger charge is 2.28. The molecular weight excluding hydrogens is 482 g/mol. The Balaban J connectivity index is 1.19. The number of ether oxygens (including phenoxy) is 1. The van der Waals surface area contributed by atoms with E-state index in [1.54, 1.807) is 6.20 Å². The molecule has 1 aromatic carbocycles. The minimum Gasteiger partial charge on any atom is -0.493 e. The molecule has 10 nitrogen and oxygen atoms in total. The number of likely N-dealkylation sites (N-methyl/N-ethyl adjacent to an activating group) is 1. The fraction of sp³-hybridized carbons (Fsp3) is 0.429. The average Bonchev–Trinajstić information content (AvgIpc) is 3.55. The lowest BCUT2D eigenvalue weighted by atomic mass is 10.1. The SMILES string of the molecule is CCN1CCn2c(C(CC(=O)O)n3ncc4cc(OCCc5ccc6c(n5)NCCC6)ccc43)cnc2C1. The van der Waals surface area contributed by atoms with Gasteiger partial charge in [0.25, 0.3) is 0 Å². The Kier molecular flexibility index (Phi) is 6.71. The molecule has 0 bridgehead atoms. The summed E-state index contributed by atoms with van der Waals surface area (Å²) in [6, 6.07) is 9.64. The van der Waals surface area contributed by atoms with Crippen LogP contribution in [-0.4, -0.2) is 66.5 Å². The number of nitrogens with zero attached hydrogens (tertiary/aromatic N) is 6. The quantitative estimate of drug-likeness (QED) is 0.349. The predicted molar refractivity (Wildman–Crippen MR) is 144 cm³/mol. The van der Waals surface area contributed by atoms with Gasteiger partial charge in [0.2, 0.25) is 0 Å². The normalized spacial score (nSPS) is 16.0. The smallest absolute Gasteiger partial charge is 0.305 e. The van der Waals surface area contributed by atoms with Crippen molar-refractivity contribution < 1.29 is 14.6 Å². The number of rotatable bonds is 9. The van der Waals surface area contributed by atoms with Crippen LogP contribution in [0, 0.1) is 0 Å². The van der Waals surface area contributed by atoms with Crippen LogP contribution in [0.2, 0.25) is 0 Å². The van der Waals surface area contributed by atoms with Gasteiger partial charge in [-0.1, -0.05) is 13.0 Å². The van der Waals surface area contributed by atoms with Crippen molar-refractivity contribution in [2.24, 2.45) is 0 Å². The Morgan fingerprint density at radius 1 is 1.21 bits per heavy atom. The molecular formula is C28H33N7O3. The largest absolute Gasteiger partial charge is 0.493 e. The van der Waals surface area contributed by atoms with E-state index in [0.29, 0.717) is 13.0 Å². The van der Waals surface area contributed by atoms with Crippen LogP contribution in [0.1, 0.15) is 48.6 Å². The van der Waals surface area contributed by atoms with Gasteiger partial charge < -0.3 is 19.7 Å². The second-order valence-electron chi connectivity index (χ2n) is 9.98. The Labute approximate surface area is 221 Å². The number of aryl methyl sites for hydroxylation is 1. The lowest BCUT2D eigenvalue weighted by Crippen LogP contribution is -2.35. The fourth-order valence-electron chi connectivity index (χ4n) is 5.50. The third-order valence-electron chi connectivity index (χ3n) is 7.57. The van der Waals surface area contributed by atoms with Gasteiger partial charge in [-0.25, -0.2) is 9.97 Å². The van der Waals surface area contributed by atoms with E-state index in [1.807, 2.05) is 29.1 Å². The molecule has 198 valence electrons. The van der Waals surface area contributed by atoms with Crippen LogP contribution in [0.5, 0.6) is 5.75 Å². The minimum atomic E-state index is -0.869. The van der Waals surface area contributed by atoms with E-state index in [1.165, 1.54) is 5.56 Å². The zero-order valence-corrected chi connectivity index (χ0v) is 21.6. The van der Waals surface area contributed by atoms with Gasteiger partial charge in [-0.3, -0.25) is 14.4 Å². The van der Waals surface area contributed by atoms with Gasteiger partial charge in [0.1, 0.15) is 23.4 Å². The van der Waals surface area contributed by atoms with Crippen molar-refractivity contribution in [3.05, 3.63) is 65.5 Å². The molecule has 0 saturated carbocycles. The minimum absolute atomic E-state index is 0.0692. The van der Waals surface area contributed by atoms with Gasteiger partial charge in [0, 0.05) is 37.1 Å². The van der Waals surface area contributed by atoms with Gasteiger partial charge in [0.15, 0.2) is 0 Å². The average molecular weight is 516 g/mol. The second kappa shape index (κ2) is 10.4. The number of hydrogen-bond acceptors (Lipinski definition) is 7. The predicted octanol–water partition coefficient (Wildman–Crippen LogP) is 3.51. The number of pyridine rings is 1. The molecule has 4 aromatic rings. The molecule has 38 heavy (non-hydrogen) atoms. The van der Waals surface area contributed by atoms with Crippen molar-refractivity contribution >= 4 is 22.7 Å². The standard InChI is InChI=1S/C28H33N7O3/c1-2-33-11-12-34-25(17-30-26(34)18-33)24(15-27(36)37)35-23-8-7-22(14-20(23)16-31-35)38-13-9-21-6-5-19-4-3-10-29-28(19)32-21/h5-8,14,16-17,24H,2-4,9-13,15,18H2,1H3,(H,29,32)(H,36,37). The zero-order chi connectivity index (χ0) is 26.1. The summed E-state index contributed by atoms with van der Waals surface area (Å²) in [4.78, 5) is 23.6. The first kappa shape index (κ1) is 24.4. The number of aliphatic carboxylic acids is 1. The number of benzene rings is 1. The Morgan fingerprint density at radius 3 is 3.00 bits per heavy atom. The van der Waals surface area contributed by atoms with E-state index in [-0.39, 0.29) is 6.42 Å². The molecule has 0 fully saturated rings. The lowest BCUT2D eigenvalue weighted by Gasteiger charge is -2.28. The van der Waals surface area contributed by atoms with E-state index >= 15 is 0 Å². The number of carboxylic acids is 1. The first-order valence-corrected chi connectivity index (χ1v) is 13.4. The highest BCUT2D eigenvalue weighted by Crippen LogP contribution is 2.30. The van der Waals surface area contributed by atoms with Gasteiger partial charge in [-0.15, -0.1) is 0 Å². The summed E-state index contributed by atoms with van der Waals surface area (Å²) in [5, 5.41) is 18.6. The fourth-order valence-corrected chi connectivity index (χ4v) is 5.50. The van der Waals surface area contributed by atoms with Crippen LogP contribution >= 0.6 is 0 Å². The van der Waals surface area contributed by atoms with E-state index in [0.717, 1.165) is 85.2 Å². The third kappa shape index (κ3) is 4.83. The van der Waals surface area contributed by atoms with E-state index in [9.17, 15) is 9.90 Å². The third-order valence-corrected chi connectivity index (χ3v) is 7.57. The van der Waals surface area contributed by atoms with Crippen molar-refractivity contribution in [1.82, 2.24) is 29.2 Å². The lowest BCUT2D eigenvalue weighted by molar-refractivity contribution is -0.137. The maximum atomic E-state index is 11.9.